The number of hydrogen-bond acceptors (Lipinski definition) is 5. The van der Waals surface area contributed by atoms with Gasteiger partial charge in [-0.3, -0.25) is 9.59 Å². The molecule has 0 spiro atoms. The number of nitrogens with zero attached hydrogens (tertiary/aromatic N) is 2. The highest BCUT2D eigenvalue weighted by Crippen LogP contribution is 2.17. The van der Waals surface area contributed by atoms with E-state index in [0.717, 1.165) is 0 Å². The van der Waals surface area contributed by atoms with Gasteiger partial charge in [-0.15, -0.1) is 12.4 Å². The summed E-state index contributed by atoms with van der Waals surface area (Å²) in [6.07, 6.45) is 1.39. The lowest BCUT2D eigenvalue weighted by atomic mass is 9.97. The Hall–Kier alpha value is -0.900. The van der Waals surface area contributed by atoms with Gasteiger partial charge in [0.05, 0.1) is 5.92 Å². The molecular weight excluding hydrogens is 356 g/mol. The smallest absolute Gasteiger partial charge is 0.239 e. The summed E-state index contributed by atoms with van der Waals surface area (Å²) in [6, 6.07) is 0. The molecule has 1 saturated heterocycles. The Balaban J connectivity index is 0.00000529. The van der Waals surface area contributed by atoms with Gasteiger partial charge in [0, 0.05) is 39.3 Å². The van der Waals surface area contributed by atoms with E-state index in [9.17, 15) is 18.0 Å². The number of hydrogen-bond donors (Lipinski definition) is 2. The Morgan fingerprint density at radius 3 is 2.46 bits per heavy atom. The van der Waals surface area contributed by atoms with Crippen molar-refractivity contribution in [2.45, 2.75) is 26.7 Å². The van der Waals surface area contributed by atoms with Crippen LogP contribution in [-0.4, -0.2) is 74.5 Å². The first-order chi connectivity index (χ1) is 10.9. The van der Waals surface area contributed by atoms with E-state index < -0.39 is 21.7 Å². The van der Waals surface area contributed by atoms with Gasteiger partial charge in [0.15, 0.2) is 0 Å². The largest absolute Gasteiger partial charge is 0.355 e. The maximum atomic E-state index is 12.3. The summed E-state index contributed by atoms with van der Waals surface area (Å²) >= 11 is 0. The van der Waals surface area contributed by atoms with Crippen molar-refractivity contribution in [1.82, 2.24) is 14.5 Å². The zero-order chi connectivity index (χ0) is 17.5. The van der Waals surface area contributed by atoms with Crippen molar-refractivity contribution >= 4 is 34.2 Å². The molecular formula is C14H29ClN4O4S. The Labute approximate surface area is 150 Å². The quantitative estimate of drug-likeness (QED) is 0.579. The topological polar surface area (TPSA) is 113 Å². The summed E-state index contributed by atoms with van der Waals surface area (Å²) in [5.41, 5.74) is 5.36. The average Bonchev–Trinajstić information content (AvgIpc) is 2.53. The first kappa shape index (κ1) is 23.1. The van der Waals surface area contributed by atoms with Gasteiger partial charge >= 0.3 is 0 Å². The highest BCUT2D eigenvalue weighted by Gasteiger charge is 2.31. The molecule has 0 aromatic heterocycles. The minimum atomic E-state index is -3.60. The molecule has 1 fully saturated rings. The number of amides is 2. The van der Waals surface area contributed by atoms with Crippen molar-refractivity contribution in [3.05, 3.63) is 0 Å². The molecule has 0 aromatic carbocycles. The number of nitrogens with two attached hydrogens (primary N) is 1. The van der Waals surface area contributed by atoms with Gasteiger partial charge in [-0.2, -0.15) is 0 Å². The number of likely N-dealkylation sites (tertiary alicyclic amines) is 1. The zero-order valence-corrected chi connectivity index (χ0v) is 16.0. The molecule has 1 aliphatic heterocycles. The standard InChI is InChI=1S/C14H28N4O4S.ClH/c1-3-18(4-2)23(21,22)11-13(19)17-9-5-6-12(10-17)14(20)16-8-7-15;/h12H,3-11,15H2,1-2H3,(H,16,20);1H. The van der Waals surface area contributed by atoms with Gasteiger partial charge in [0.2, 0.25) is 21.8 Å². The van der Waals surface area contributed by atoms with Gasteiger partial charge in [0.25, 0.3) is 0 Å². The minimum absolute atomic E-state index is 0. The van der Waals surface area contributed by atoms with Gasteiger partial charge in [-0.25, -0.2) is 12.7 Å². The molecule has 0 aromatic rings. The maximum absolute atomic E-state index is 12.3. The van der Waals surface area contributed by atoms with Crippen molar-refractivity contribution in [2.24, 2.45) is 11.7 Å². The lowest BCUT2D eigenvalue weighted by molar-refractivity contribution is -0.133. The second-order valence-electron chi connectivity index (χ2n) is 5.60. The molecule has 1 aliphatic rings. The van der Waals surface area contributed by atoms with Crippen LogP contribution >= 0.6 is 12.4 Å². The van der Waals surface area contributed by atoms with Gasteiger partial charge in [-0.1, -0.05) is 13.8 Å². The molecule has 0 radical (unpaired) electrons. The van der Waals surface area contributed by atoms with E-state index in [-0.39, 0.29) is 30.8 Å². The van der Waals surface area contributed by atoms with Crippen molar-refractivity contribution in [3.8, 4) is 0 Å². The molecule has 142 valence electrons. The lowest BCUT2D eigenvalue weighted by Gasteiger charge is -2.32. The SMILES string of the molecule is CCN(CC)S(=O)(=O)CC(=O)N1CCCC(C(=O)NCCN)C1.Cl. The third kappa shape index (κ3) is 6.54. The van der Waals surface area contributed by atoms with Crippen molar-refractivity contribution < 1.29 is 18.0 Å². The van der Waals surface area contributed by atoms with Gasteiger partial charge in [-0.05, 0) is 12.8 Å². The fraction of sp³-hybridized carbons (Fsp3) is 0.857. The number of rotatable bonds is 8. The van der Waals surface area contributed by atoms with E-state index in [1.54, 1.807) is 13.8 Å². The number of nitrogens with one attached hydrogen (secondary N) is 1. The molecule has 1 unspecified atom stereocenters. The minimum Gasteiger partial charge on any atom is -0.355 e. The predicted molar refractivity (Wildman–Crippen MR) is 95.3 cm³/mol. The molecule has 1 heterocycles. The first-order valence-corrected chi connectivity index (χ1v) is 9.70. The third-order valence-electron chi connectivity index (χ3n) is 3.99. The molecule has 0 aliphatic carbocycles. The Morgan fingerprint density at radius 2 is 1.92 bits per heavy atom. The molecule has 2 amide bonds. The van der Waals surface area contributed by atoms with Crippen LogP contribution in [0.2, 0.25) is 0 Å². The highest BCUT2D eigenvalue weighted by molar-refractivity contribution is 7.89. The molecule has 10 heteroatoms. The second-order valence-corrected chi connectivity index (χ2v) is 7.57. The number of piperidine rings is 1. The zero-order valence-electron chi connectivity index (χ0n) is 14.4. The number of halogens is 1. The van der Waals surface area contributed by atoms with Crippen LogP contribution in [0.3, 0.4) is 0 Å². The Kier molecular flexibility index (Phi) is 10.5. The number of carbonyl (C=O) groups is 2. The van der Waals surface area contributed by atoms with E-state index in [1.807, 2.05) is 0 Å². The molecule has 0 bridgehead atoms. The number of sulfonamides is 1. The normalized spacial score (nSPS) is 18.2. The van der Waals surface area contributed by atoms with E-state index in [0.29, 0.717) is 45.6 Å². The van der Waals surface area contributed by atoms with Gasteiger partial charge < -0.3 is 16.0 Å². The number of carbonyl (C=O) groups excluding carboxylic acids is 2. The van der Waals surface area contributed by atoms with Crippen LogP contribution in [0.15, 0.2) is 0 Å². The van der Waals surface area contributed by atoms with Gasteiger partial charge in [0.1, 0.15) is 5.75 Å². The van der Waals surface area contributed by atoms with Crippen LogP contribution in [0.1, 0.15) is 26.7 Å². The molecule has 3 N–H and O–H groups in total. The Morgan fingerprint density at radius 1 is 1.29 bits per heavy atom. The van der Waals surface area contributed by atoms with E-state index in [1.165, 1.54) is 9.21 Å². The van der Waals surface area contributed by atoms with E-state index in [2.05, 4.69) is 5.32 Å². The summed E-state index contributed by atoms with van der Waals surface area (Å²) in [6.45, 7) is 5.69. The predicted octanol–water partition coefficient (Wildman–Crippen LogP) is -0.607. The van der Waals surface area contributed by atoms with Crippen molar-refractivity contribution in [1.29, 1.82) is 0 Å². The monoisotopic (exact) mass is 384 g/mol. The second kappa shape index (κ2) is 10.9. The fourth-order valence-corrected chi connectivity index (χ4v) is 4.18. The van der Waals surface area contributed by atoms with E-state index in [4.69, 9.17) is 5.73 Å². The van der Waals surface area contributed by atoms with E-state index >= 15 is 0 Å². The molecule has 0 saturated carbocycles. The maximum Gasteiger partial charge on any atom is 0.239 e. The first-order valence-electron chi connectivity index (χ1n) is 8.09. The van der Waals surface area contributed by atoms with Crippen LogP contribution < -0.4 is 11.1 Å². The van der Waals surface area contributed by atoms with Crippen LogP contribution in [0.4, 0.5) is 0 Å². The van der Waals surface area contributed by atoms with Crippen LogP contribution in [0.5, 0.6) is 0 Å². The molecule has 24 heavy (non-hydrogen) atoms. The molecule has 1 atom stereocenters. The van der Waals surface area contributed by atoms with Crippen LogP contribution in [0.25, 0.3) is 0 Å². The third-order valence-corrected chi connectivity index (χ3v) is 5.91. The van der Waals surface area contributed by atoms with Crippen LogP contribution in [-0.2, 0) is 19.6 Å². The van der Waals surface area contributed by atoms with Crippen molar-refractivity contribution in [3.63, 3.8) is 0 Å². The summed E-state index contributed by atoms with van der Waals surface area (Å²) in [5, 5.41) is 2.72. The van der Waals surface area contributed by atoms with Crippen LogP contribution in [0, 0.1) is 5.92 Å². The summed E-state index contributed by atoms with van der Waals surface area (Å²) < 4.78 is 25.7. The fourth-order valence-electron chi connectivity index (χ4n) is 2.71. The highest BCUT2D eigenvalue weighted by atomic mass is 35.5. The molecule has 8 nitrogen and oxygen atoms in total. The molecule has 1 rings (SSSR count). The average molecular weight is 385 g/mol. The van der Waals surface area contributed by atoms with Crippen molar-refractivity contribution in [2.75, 3.05) is 45.0 Å². The summed E-state index contributed by atoms with van der Waals surface area (Å²) in [7, 11) is -3.60. The lowest BCUT2D eigenvalue weighted by Crippen LogP contribution is -2.48. The summed E-state index contributed by atoms with van der Waals surface area (Å²) in [4.78, 5) is 25.8. The Bertz CT molecular complexity index is 511. The summed E-state index contributed by atoms with van der Waals surface area (Å²) in [5.74, 6) is -1.39.